The Kier molecular flexibility index (Phi) is 2.59. The first-order valence-electron chi connectivity index (χ1n) is 4.56. The predicted molar refractivity (Wildman–Crippen MR) is 54.0 cm³/mol. The molecule has 0 saturated carbocycles. The highest BCUT2D eigenvalue weighted by Gasteiger charge is 2.10. The molecule has 0 radical (unpaired) electrons. The molecule has 0 unspecified atom stereocenters. The second-order valence-corrected chi connectivity index (χ2v) is 3.14. The van der Waals surface area contributed by atoms with Crippen LogP contribution in [0.2, 0.25) is 0 Å². The molecule has 16 heavy (non-hydrogen) atoms. The summed E-state index contributed by atoms with van der Waals surface area (Å²) in [6.45, 7) is 0.468. The van der Waals surface area contributed by atoms with E-state index in [-0.39, 0.29) is 11.7 Å². The minimum atomic E-state index is -1.11. The molecular formula is C9H10N4O3. The highest BCUT2D eigenvalue weighted by atomic mass is 16.4. The average molecular weight is 222 g/mol. The molecule has 0 bridgehead atoms. The number of oxazole rings is 1. The van der Waals surface area contributed by atoms with Gasteiger partial charge in [0, 0.05) is 13.2 Å². The van der Waals surface area contributed by atoms with Gasteiger partial charge in [-0.1, -0.05) is 0 Å². The normalized spacial score (nSPS) is 10.3. The number of aromatic carboxylic acids is 1. The first kappa shape index (κ1) is 10.2. The molecule has 7 heteroatoms. The van der Waals surface area contributed by atoms with Crippen molar-refractivity contribution in [2.75, 3.05) is 5.32 Å². The third kappa shape index (κ3) is 2.02. The molecule has 2 aromatic rings. The smallest absolute Gasteiger partial charge is 0.357 e. The van der Waals surface area contributed by atoms with Crippen molar-refractivity contribution in [3.05, 3.63) is 29.9 Å². The summed E-state index contributed by atoms with van der Waals surface area (Å²) in [6.07, 6.45) is 2.77. The zero-order valence-corrected chi connectivity index (χ0v) is 8.54. The van der Waals surface area contributed by atoms with Gasteiger partial charge in [0.2, 0.25) is 0 Å². The van der Waals surface area contributed by atoms with Crippen molar-refractivity contribution in [3.8, 4) is 0 Å². The Morgan fingerprint density at radius 2 is 2.50 bits per heavy atom. The lowest BCUT2D eigenvalue weighted by Gasteiger charge is -2.01. The molecule has 0 fully saturated rings. The highest BCUT2D eigenvalue weighted by Crippen LogP contribution is 2.08. The first-order valence-corrected chi connectivity index (χ1v) is 4.56. The summed E-state index contributed by atoms with van der Waals surface area (Å²) in [5, 5.41) is 15.5. The van der Waals surface area contributed by atoms with Gasteiger partial charge in [-0.3, -0.25) is 4.68 Å². The second kappa shape index (κ2) is 4.05. The van der Waals surface area contributed by atoms with E-state index in [0.29, 0.717) is 6.54 Å². The molecule has 2 N–H and O–H groups in total. The molecule has 0 atom stereocenters. The fourth-order valence-corrected chi connectivity index (χ4v) is 1.19. The van der Waals surface area contributed by atoms with Crippen LogP contribution in [0.25, 0.3) is 0 Å². The molecule has 7 nitrogen and oxygen atoms in total. The van der Waals surface area contributed by atoms with Crippen LogP contribution in [-0.2, 0) is 13.6 Å². The molecule has 2 heterocycles. The number of carboxylic acid groups (broad SMARTS) is 1. The molecule has 0 spiro atoms. The molecule has 0 aliphatic heterocycles. The van der Waals surface area contributed by atoms with E-state index >= 15 is 0 Å². The van der Waals surface area contributed by atoms with Crippen molar-refractivity contribution in [2.24, 2.45) is 7.05 Å². The van der Waals surface area contributed by atoms with Crippen molar-refractivity contribution >= 4 is 12.0 Å². The van der Waals surface area contributed by atoms with Crippen molar-refractivity contribution in [1.82, 2.24) is 14.8 Å². The zero-order chi connectivity index (χ0) is 11.5. The van der Waals surface area contributed by atoms with Gasteiger partial charge in [-0.05, 0) is 6.07 Å². The Hall–Kier alpha value is -2.31. The second-order valence-electron chi connectivity index (χ2n) is 3.14. The Balaban J connectivity index is 2.00. The lowest BCUT2D eigenvalue weighted by molar-refractivity contribution is 0.0690. The number of rotatable bonds is 4. The number of carbonyl (C=O) groups is 1. The summed E-state index contributed by atoms with van der Waals surface area (Å²) in [6, 6.07) is 2.02. The van der Waals surface area contributed by atoms with Gasteiger partial charge in [0.15, 0.2) is 5.69 Å². The molecular weight excluding hydrogens is 212 g/mol. The third-order valence-corrected chi connectivity index (χ3v) is 2.07. The maximum absolute atomic E-state index is 10.5. The van der Waals surface area contributed by atoms with Gasteiger partial charge in [-0.15, -0.1) is 0 Å². The minimum absolute atomic E-state index is 0.118. The van der Waals surface area contributed by atoms with Crippen LogP contribution in [0.1, 0.15) is 16.2 Å². The van der Waals surface area contributed by atoms with Crippen molar-refractivity contribution < 1.29 is 14.3 Å². The van der Waals surface area contributed by atoms with E-state index in [1.54, 1.807) is 10.9 Å². The van der Waals surface area contributed by atoms with E-state index in [1.165, 1.54) is 0 Å². The number of anilines is 1. The fourth-order valence-electron chi connectivity index (χ4n) is 1.19. The predicted octanol–water partition coefficient (Wildman–Crippen LogP) is 0.718. The number of nitrogens with zero attached hydrogens (tertiary/aromatic N) is 3. The maximum Gasteiger partial charge on any atom is 0.357 e. The van der Waals surface area contributed by atoms with Gasteiger partial charge in [0.05, 0.1) is 12.2 Å². The maximum atomic E-state index is 10.5. The number of aromatic nitrogens is 3. The van der Waals surface area contributed by atoms with E-state index in [4.69, 9.17) is 9.52 Å². The van der Waals surface area contributed by atoms with Crippen molar-refractivity contribution in [2.45, 2.75) is 6.54 Å². The average Bonchev–Trinajstić information content (AvgIpc) is 2.83. The number of nitrogens with one attached hydrogen (secondary N) is 1. The third-order valence-electron chi connectivity index (χ3n) is 2.07. The van der Waals surface area contributed by atoms with Crippen LogP contribution in [0.5, 0.6) is 0 Å². The van der Waals surface area contributed by atoms with E-state index in [2.05, 4.69) is 15.4 Å². The van der Waals surface area contributed by atoms with Gasteiger partial charge in [-0.2, -0.15) is 10.1 Å². The summed E-state index contributed by atoms with van der Waals surface area (Å²) >= 11 is 0. The van der Waals surface area contributed by atoms with Crippen LogP contribution < -0.4 is 5.32 Å². The lowest BCUT2D eigenvalue weighted by atomic mass is 10.4. The van der Waals surface area contributed by atoms with Gasteiger partial charge < -0.3 is 14.8 Å². The molecule has 0 aliphatic carbocycles. The van der Waals surface area contributed by atoms with Gasteiger partial charge >= 0.3 is 5.97 Å². The standard InChI is InChI=1S/C9H10N4O3/c1-13-6(2-3-11-13)4-10-9-12-7(5-16-9)8(14)15/h2-3,5H,4H2,1H3,(H,10,12)(H,14,15). The lowest BCUT2D eigenvalue weighted by Crippen LogP contribution is -2.06. The van der Waals surface area contributed by atoms with Crippen molar-refractivity contribution in [3.63, 3.8) is 0 Å². The molecule has 0 aromatic carbocycles. The van der Waals surface area contributed by atoms with Gasteiger partial charge in [-0.25, -0.2) is 4.79 Å². The first-order chi connectivity index (χ1) is 7.66. The van der Waals surface area contributed by atoms with Crippen LogP contribution in [0, 0.1) is 0 Å². The summed E-state index contributed by atoms with van der Waals surface area (Å²) in [4.78, 5) is 14.3. The molecule has 2 aromatic heterocycles. The van der Waals surface area contributed by atoms with Gasteiger partial charge in [0.1, 0.15) is 6.26 Å². The summed E-state index contributed by atoms with van der Waals surface area (Å²) in [5.74, 6) is -1.11. The van der Waals surface area contributed by atoms with E-state index in [1.807, 2.05) is 13.1 Å². The monoisotopic (exact) mass is 222 g/mol. The Morgan fingerprint density at radius 3 is 3.06 bits per heavy atom. The molecule has 84 valence electrons. The summed E-state index contributed by atoms with van der Waals surface area (Å²) in [5.41, 5.74) is 0.822. The number of carboxylic acids is 1. The number of hydrogen-bond acceptors (Lipinski definition) is 5. The largest absolute Gasteiger partial charge is 0.476 e. The number of aryl methyl sites for hydroxylation is 1. The Bertz CT molecular complexity index is 502. The van der Waals surface area contributed by atoms with E-state index in [9.17, 15) is 4.79 Å². The van der Waals surface area contributed by atoms with E-state index in [0.717, 1.165) is 12.0 Å². The molecule has 0 saturated heterocycles. The molecule has 0 aliphatic rings. The quantitative estimate of drug-likeness (QED) is 0.791. The molecule has 0 amide bonds. The van der Waals surface area contributed by atoms with Crippen molar-refractivity contribution in [1.29, 1.82) is 0 Å². The minimum Gasteiger partial charge on any atom is -0.476 e. The fraction of sp³-hybridized carbons (Fsp3) is 0.222. The van der Waals surface area contributed by atoms with Crippen LogP contribution in [0.15, 0.2) is 22.9 Å². The number of hydrogen-bond donors (Lipinski definition) is 2. The van der Waals surface area contributed by atoms with Crippen LogP contribution in [-0.4, -0.2) is 25.8 Å². The topological polar surface area (TPSA) is 93.2 Å². The van der Waals surface area contributed by atoms with Crippen LogP contribution in [0.4, 0.5) is 6.01 Å². The Labute approximate surface area is 90.7 Å². The summed E-state index contributed by atoms with van der Waals surface area (Å²) < 4.78 is 6.63. The summed E-state index contributed by atoms with van der Waals surface area (Å²) in [7, 11) is 1.81. The zero-order valence-electron chi connectivity index (χ0n) is 8.54. The van der Waals surface area contributed by atoms with Crippen LogP contribution in [0.3, 0.4) is 0 Å². The van der Waals surface area contributed by atoms with Crippen LogP contribution >= 0.6 is 0 Å². The highest BCUT2D eigenvalue weighted by molar-refractivity contribution is 5.85. The molecule has 2 rings (SSSR count). The van der Waals surface area contributed by atoms with E-state index < -0.39 is 5.97 Å². The van der Waals surface area contributed by atoms with Gasteiger partial charge in [0.25, 0.3) is 6.01 Å². The Morgan fingerprint density at radius 1 is 1.69 bits per heavy atom. The SMILES string of the molecule is Cn1nccc1CNc1nc(C(=O)O)co1.